The van der Waals surface area contributed by atoms with Gasteiger partial charge in [0, 0.05) is 12.3 Å². The molecule has 14 heavy (non-hydrogen) atoms. The van der Waals surface area contributed by atoms with Gasteiger partial charge in [0.25, 0.3) is 0 Å². The Bertz CT molecular complexity index is 349. The van der Waals surface area contributed by atoms with Crippen LogP contribution in [0.4, 0.5) is 0 Å². The van der Waals surface area contributed by atoms with Crippen LogP contribution in [0.15, 0.2) is 5.16 Å². The fourth-order valence-electron chi connectivity index (χ4n) is 0.654. The average molecular weight is 239 g/mol. The maximum atomic E-state index is 10.2. The predicted molar refractivity (Wildman–Crippen MR) is 49.1 cm³/mol. The van der Waals surface area contributed by atoms with Gasteiger partial charge in [0.2, 0.25) is 5.16 Å². The third-order valence-electron chi connectivity index (χ3n) is 1.17. The minimum atomic E-state index is -4.07. The van der Waals surface area contributed by atoms with Gasteiger partial charge in [-0.25, -0.2) is 5.10 Å². The van der Waals surface area contributed by atoms with Crippen LogP contribution >= 0.6 is 11.8 Å². The first kappa shape index (κ1) is 11.4. The number of thioether (sulfide) groups is 1. The van der Waals surface area contributed by atoms with E-state index in [0.29, 0.717) is 17.3 Å². The topological polar surface area (TPSA) is 121 Å². The molecule has 0 aliphatic heterocycles. The van der Waals surface area contributed by atoms with E-state index in [4.69, 9.17) is 4.55 Å². The molecule has 80 valence electrons. The highest BCUT2D eigenvalue weighted by Crippen LogP contribution is 2.10. The lowest BCUT2D eigenvalue weighted by atomic mass is 10.5. The van der Waals surface area contributed by atoms with Crippen molar-refractivity contribution >= 4 is 22.1 Å². The highest BCUT2D eigenvalue weighted by Gasteiger charge is 2.02. The molecule has 1 heterocycles. The number of hydrogen-bond donors (Lipinski definition) is 3. The average Bonchev–Trinajstić information content (AvgIpc) is 2.54. The maximum Gasteiger partial charge on any atom is 0.333 e. The van der Waals surface area contributed by atoms with E-state index in [2.05, 4.69) is 20.6 Å². The van der Waals surface area contributed by atoms with Crippen LogP contribution in [-0.2, 0) is 10.3 Å². The molecule has 0 aromatic carbocycles. The van der Waals surface area contributed by atoms with Crippen molar-refractivity contribution in [1.82, 2.24) is 25.3 Å². The Kier molecular flexibility index (Phi) is 4.25. The monoisotopic (exact) mass is 239 g/mol. The molecule has 0 fully saturated rings. The van der Waals surface area contributed by atoms with Crippen molar-refractivity contribution in [1.29, 1.82) is 0 Å². The molecule has 10 heteroatoms. The Balaban J connectivity index is 2.06. The Morgan fingerprint density at radius 3 is 2.93 bits per heavy atom. The molecule has 0 saturated heterocycles. The Morgan fingerprint density at radius 1 is 1.57 bits per heavy atom. The highest BCUT2D eigenvalue weighted by atomic mass is 32.2. The maximum absolute atomic E-state index is 10.2. The summed E-state index contributed by atoms with van der Waals surface area (Å²) in [5.74, 6) is 0.652. The van der Waals surface area contributed by atoms with Crippen LogP contribution in [0.1, 0.15) is 6.42 Å². The second-order valence-electron chi connectivity index (χ2n) is 2.28. The van der Waals surface area contributed by atoms with Crippen molar-refractivity contribution in [3.05, 3.63) is 0 Å². The minimum Gasteiger partial charge on any atom is -0.273 e. The Hall–Kier alpha value is -0.710. The summed E-state index contributed by atoms with van der Waals surface area (Å²) in [6.07, 6.45) is 0.575. The summed E-state index contributed by atoms with van der Waals surface area (Å²) in [6.45, 7) is 0.188. The summed E-state index contributed by atoms with van der Waals surface area (Å²) in [4.78, 5) is 0. The van der Waals surface area contributed by atoms with Gasteiger partial charge < -0.3 is 0 Å². The van der Waals surface area contributed by atoms with Crippen LogP contribution in [0, 0.1) is 0 Å². The van der Waals surface area contributed by atoms with E-state index < -0.39 is 10.3 Å². The van der Waals surface area contributed by atoms with E-state index in [0.717, 1.165) is 0 Å². The smallest absolute Gasteiger partial charge is 0.273 e. The van der Waals surface area contributed by atoms with Gasteiger partial charge in [-0.3, -0.25) is 4.55 Å². The van der Waals surface area contributed by atoms with Crippen LogP contribution in [0.25, 0.3) is 0 Å². The number of nitrogens with zero attached hydrogens (tertiary/aromatic N) is 3. The summed E-state index contributed by atoms with van der Waals surface area (Å²) in [7, 11) is -4.07. The quantitative estimate of drug-likeness (QED) is 0.333. The Labute approximate surface area is 84.7 Å². The fraction of sp³-hybridized carbons (Fsp3) is 0.750. The molecule has 0 unspecified atom stereocenters. The zero-order valence-corrected chi connectivity index (χ0v) is 8.68. The predicted octanol–water partition coefficient (Wildman–Crippen LogP) is -0.926. The zero-order chi connectivity index (χ0) is 10.4. The van der Waals surface area contributed by atoms with Gasteiger partial charge in [0.05, 0.1) is 0 Å². The molecule has 0 bridgehead atoms. The van der Waals surface area contributed by atoms with Gasteiger partial charge in [-0.1, -0.05) is 11.8 Å². The fourth-order valence-corrected chi connectivity index (χ4v) is 1.74. The molecule has 0 amide bonds. The van der Waals surface area contributed by atoms with E-state index in [1.54, 1.807) is 0 Å². The van der Waals surface area contributed by atoms with Crippen LogP contribution in [-0.4, -0.2) is 45.9 Å². The first-order chi connectivity index (χ1) is 6.58. The molecule has 0 radical (unpaired) electrons. The second kappa shape index (κ2) is 5.24. The van der Waals surface area contributed by atoms with Gasteiger partial charge in [0.1, 0.15) is 0 Å². The van der Waals surface area contributed by atoms with Gasteiger partial charge >= 0.3 is 10.3 Å². The lowest BCUT2D eigenvalue weighted by Crippen LogP contribution is -2.23. The molecule has 1 rings (SSSR count). The number of aromatic nitrogens is 4. The van der Waals surface area contributed by atoms with Crippen LogP contribution in [0.5, 0.6) is 0 Å². The van der Waals surface area contributed by atoms with E-state index in [1.165, 1.54) is 11.8 Å². The van der Waals surface area contributed by atoms with Gasteiger partial charge in [-0.2, -0.15) is 13.1 Å². The molecular formula is C4H9N5O3S2. The van der Waals surface area contributed by atoms with Crippen molar-refractivity contribution < 1.29 is 13.0 Å². The number of rotatable bonds is 6. The van der Waals surface area contributed by atoms with Gasteiger partial charge in [-0.15, -0.1) is 5.10 Å². The molecule has 0 spiro atoms. The summed E-state index contributed by atoms with van der Waals surface area (Å²) >= 11 is 1.37. The first-order valence-corrected chi connectivity index (χ1v) is 6.09. The van der Waals surface area contributed by atoms with Gasteiger partial charge in [-0.05, 0) is 16.8 Å². The summed E-state index contributed by atoms with van der Waals surface area (Å²) in [5, 5.41) is 13.5. The van der Waals surface area contributed by atoms with E-state index in [1.807, 2.05) is 4.72 Å². The number of nitrogens with one attached hydrogen (secondary N) is 2. The van der Waals surface area contributed by atoms with Gasteiger partial charge in [0.15, 0.2) is 0 Å². The van der Waals surface area contributed by atoms with Crippen molar-refractivity contribution in [3.8, 4) is 0 Å². The van der Waals surface area contributed by atoms with Crippen molar-refractivity contribution in [2.45, 2.75) is 11.6 Å². The number of H-pyrrole nitrogens is 1. The number of aromatic amines is 1. The SMILES string of the molecule is O=S(=O)(O)NCCCSc1nnn[nH]1. The molecule has 8 nitrogen and oxygen atoms in total. The molecular weight excluding hydrogens is 230 g/mol. The van der Waals surface area contributed by atoms with Crippen molar-refractivity contribution in [2.75, 3.05) is 12.3 Å². The molecule has 0 aliphatic carbocycles. The standard InChI is InChI=1S/C4H9N5O3S2/c10-14(11,12)5-2-1-3-13-4-6-8-9-7-4/h5H,1-3H2,(H,10,11,12)(H,6,7,8,9). The number of tetrazole rings is 1. The second-order valence-corrected chi connectivity index (χ2v) is 4.60. The molecule has 0 saturated carbocycles. The summed E-state index contributed by atoms with van der Waals surface area (Å²) < 4.78 is 30.7. The van der Waals surface area contributed by atoms with Crippen molar-refractivity contribution in [2.24, 2.45) is 0 Å². The Morgan fingerprint density at radius 2 is 2.36 bits per heavy atom. The summed E-state index contributed by atoms with van der Waals surface area (Å²) in [5.41, 5.74) is 0. The van der Waals surface area contributed by atoms with E-state index in [9.17, 15) is 8.42 Å². The summed E-state index contributed by atoms with van der Waals surface area (Å²) in [6, 6.07) is 0. The molecule has 0 aliphatic rings. The van der Waals surface area contributed by atoms with E-state index >= 15 is 0 Å². The highest BCUT2D eigenvalue weighted by molar-refractivity contribution is 7.99. The third kappa shape index (κ3) is 5.11. The minimum absolute atomic E-state index is 0.188. The molecule has 1 aromatic heterocycles. The lowest BCUT2D eigenvalue weighted by molar-refractivity contribution is 0.467. The number of hydrogen-bond acceptors (Lipinski definition) is 6. The van der Waals surface area contributed by atoms with Crippen LogP contribution < -0.4 is 4.72 Å². The largest absolute Gasteiger partial charge is 0.333 e. The molecule has 3 N–H and O–H groups in total. The van der Waals surface area contributed by atoms with Crippen LogP contribution in [0.3, 0.4) is 0 Å². The third-order valence-corrected chi connectivity index (χ3v) is 2.68. The molecule has 0 atom stereocenters. The van der Waals surface area contributed by atoms with E-state index in [-0.39, 0.29) is 6.54 Å². The normalized spacial score (nSPS) is 11.8. The van der Waals surface area contributed by atoms with Crippen LogP contribution in [0.2, 0.25) is 0 Å². The van der Waals surface area contributed by atoms with Crippen molar-refractivity contribution in [3.63, 3.8) is 0 Å². The zero-order valence-electron chi connectivity index (χ0n) is 7.04. The lowest BCUT2D eigenvalue weighted by Gasteiger charge is -1.98. The molecule has 1 aromatic rings. The first-order valence-electron chi connectivity index (χ1n) is 3.66.